The molecular formula is C7H18Cl2N2O. The van der Waals surface area contributed by atoms with Crippen molar-refractivity contribution in [1.82, 2.24) is 10.6 Å². The molecule has 1 heterocycles. The first kappa shape index (κ1) is 15.0. The van der Waals surface area contributed by atoms with Crippen LogP contribution in [0.25, 0.3) is 0 Å². The summed E-state index contributed by atoms with van der Waals surface area (Å²) >= 11 is 0. The quantitative estimate of drug-likeness (QED) is 0.617. The van der Waals surface area contributed by atoms with E-state index in [4.69, 9.17) is 5.11 Å². The van der Waals surface area contributed by atoms with Crippen molar-refractivity contribution in [3.8, 4) is 0 Å². The maximum Gasteiger partial charge on any atom is 0.0527 e. The van der Waals surface area contributed by atoms with Crippen molar-refractivity contribution in [2.24, 2.45) is 0 Å². The van der Waals surface area contributed by atoms with Crippen molar-refractivity contribution in [2.75, 3.05) is 19.6 Å². The van der Waals surface area contributed by atoms with Crippen LogP contribution in [-0.4, -0.2) is 36.9 Å². The maximum absolute atomic E-state index is 9.04. The van der Waals surface area contributed by atoms with E-state index in [1.807, 2.05) is 6.92 Å². The Kier molecular flexibility index (Phi) is 10.1. The van der Waals surface area contributed by atoms with E-state index >= 15 is 0 Å². The van der Waals surface area contributed by atoms with E-state index in [0.717, 1.165) is 26.1 Å². The summed E-state index contributed by atoms with van der Waals surface area (Å²) in [6.45, 7) is 4.90. The Hall–Kier alpha value is 0.460. The molecule has 12 heavy (non-hydrogen) atoms. The first-order chi connectivity index (χ1) is 4.79. The van der Waals surface area contributed by atoms with Crippen LogP contribution in [0.3, 0.4) is 0 Å². The van der Waals surface area contributed by atoms with E-state index in [1.165, 1.54) is 0 Å². The van der Waals surface area contributed by atoms with Gasteiger partial charge in [0.2, 0.25) is 0 Å². The average molecular weight is 217 g/mol. The second-order valence-electron chi connectivity index (χ2n) is 2.94. The molecule has 1 fully saturated rings. The minimum Gasteiger partial charge on any atom is -0.393 e. The SMILES string of the molecule is C[C@@H](O)CC1CNCCN1.Cl.Cl. The van der Waals surface area contributed by atoms with Crippen LogP contribution in [0.1, 0.15) is 13.3 Å². The third-order valence-electron chi connectivity index (χ3n) is 1.75. The summed E-state index contributed by atoms with van der Waals surface area (Å²) in [6.07, 6.45) is 0.671. The molecule has 0 aromatic carbocycles. The molecule has 1 unspecified atom stereocenters. The summed E-state index contributed by atoms with van der Waals surface area (Å²) in [6, 6.07) is 0.466. The summed E-state index contributed by atoms with van der Waals surface area (Å²) in [4.78, 5) is 0. The summed E-state index contributed by atoms with van der Waals surface area (Å²) in [5.74, 6) is 0. The van der Waals surface area contributed by atoms with Crippen molar-refractivity contribution in [1.29, 1.82) is 0 Å². The molecule has 3 N–H and O–H groups in total. The van der Waals surface area contributed by atoms with Crippen molar-refractivity contribution in [3.63, 3.8) is 0 Å². The van der Waals surface area contributed by atoms with Gasteiger partial charge in [0.15, 0.2) is 0 Å². The van der Waals surface area contributed by atoms with Gasteiger partial charge in [0, 0.05) is 25.7 Å². The minimum absolute atomic E-state index is 0. The van der Waals surface area contributed by atoms with Crippen molar-refractivity contribution in [3.05, 3.63) is 0 Å². The lowest BCUT2D eigenvalue weighted by atomic mass is 10.1. The van der Waals surface area contributed by atoms with E-state index in [0.29, 0.717) is 6.04 Å². The smallest absolute Gasteiger partial charge is 0.0527 e. The Balaban J connectivity index is 0. The molecule has 1 rings (SSSR count). The van der Waals surface area contributed by atoms with Gasteiger partial charge in [-0.3, -0.25) is 0 Å². The fraction of sp³-hybridized carbons (Fsp3) is 1.00. The molecule has 0 spiro atoms. The van der Waals surface area contributed by atoms with Crippen molar-refractivity contribution < 1.29 is 5.11 Å². The number of aliphatic hydroxyl groups excluding tert-OH is 1. The number of hydrogen-bond acceptors (Lipinski definition) is 3. The van der Waals surface area contributed by atoms with Crippen LogP contribution < -0.4 is 10.6 Å². The molecule has 5 heteroatoms. The van der Waals surface area contributed by atoms with Crippen LogP contribution in [0, 0.1) is 0 Å². The lowest BCUT2D eigenvalue weighted by Crippen LogP contribution is -2.49. The summed E-state index contributed by atoms with van der Waals surface area (Å²) < 4.78 is 0. The molecule has 0 saturated carbocycles. The highest BCUT2D eigenvalue weighted by Crippen LogP contribution is 1.97. The summed E-state index contributed by atoms with van der Waals surface area (Å²) in [5, 5.41) is 15.6. The van der Waals surface area contributed by atoms with E-state index in [-0.39, 0.29) is 30.9 Å². The van der Waals surface area contributed by atoms with Crippen LogP contribution in [-0.2, 0) is 0 Å². The average Bonchev–Trinajstić information content (AvgIpc) is 1.88. The molecule has 76 valence electrons. The van der Waals surface area contributed by atoms with E-state index in [2.05, 4.69) is 10.6 Å². The first-order valence-corrected chi connectivity index (χ1v) is 3.91. The highest BCUT2D eigenvalue weighted by Gasteiger charge is 2.13. The Bertz CT molecular complexity index is 97.4. The van der Waals surface area contributed by atoms with Crippen LogP contribution >= 0.6 is 24.8 Å². The number of nitrogens with one attached hydrogen (secondary N) is 2. The van der Waals surface area contributed by atoms with Gasteiger partial charge in [0.05, 0.1) is 6.10 Å². The molecule has 0 aliphatic carbocycles. The molecule has 1 aliphatic heterocycles. The monoisotopic (exact) mass is 216 g/mol. The maximum atomic E-state index is 9.04. The summed E-state index contributed by atoms with van der Waals surface area (Å²) in [5.41, 5.74) is 0. The number of piperazine rings is 1. The van der Waals surface area contributed by atoms with Crippen LogP contribution in [0.15, 0.2) is 0 Å². The van der Waals surface area contributed by atoms with Crippen molar-refractivity contribution >= 4 is 24.8 Å². The van der Waals surface area contributed by atoms with Gasteiger partial charge in [-0.2, -0.15) is 0 Å². The zero-order valence-corrected chi connectivity index (χ0v) is 8.88. The van der Waals surface area contributed by atoms with Crippen LogP contribution in [0.2, 0.25) is 0 Å². The normalized spacial score (nSPS) is 25.0. The fourth-order valence-electron chi connectivity index (χ4n) is 1.29. The molecule has 0 bridgehead atoms. The predicted octanol–water partition coefficient (Wildman–Crippen LogP) is 0.162. The van der Waals surface area contributed by atoms with Crippen LogP contribution in [0.4, 0.5) is 0 Å². The molecule has 0 aromatic heterocycles. The highest BCUT2D eigenvalue weighted by molar-refractivity contribution is 5.85. The molecule has 1 saturated heterocycles. The number of rotatable bonds is 2. The molecular weight excluding hydrogens is 199 g/mol. The molecule has 0 amide bonds. The van der Waals surface area contributed by atoms with E-state index in [1.54, 1.807) is 0 Å². The minimum atomic E-state index is -0.183. The van der Waals surface area contributed by atoms with Gasteiger partial charge in [0.25, 0.3) is 0 Å². The first-order valence-electron chi connectivity index (χ1n) is 3.91. The standard InChI is InChI=1S/C7H16N2O.2ClH/c1-6(10)4-7-5-8-2-3-9-7;;/h6-10H,2-5H2,1H3;2*1H/t6-,7?;;/m1../s1. The lowest BCUT2D eigenvalue weighted by molar-refractivity contribution is 0.163. The van der Waals surface area contributed by atoms with Gasteiger partial charge in [0.1, 0.15) is 0 Å². The van der Waals surface area contributed by atoms with Gasteiger partial charge in [-0.25, -0.2) is 0 Å². The van der Waals surface area contributed by atoms with Crippen LogP contribution in [0.5, 0.6) is 0 Å². The van der Waals surface area contributed by atoms with Gasteiger partial charge in [-0.15, -0.1) is 24.8 Å². The van der Waals surface area contributed by atoms with Gasteiger partial charge >= 0.3 is 0 Å². The molecule has 0 aromatic rings. The number of hydrogen-bond donors (Lipinski definition) is 3. The van der Waals surface area contributed by atoms with Gasteiger partial charge < -0.3 is 15.7 Å². The topological polar surface area (TPSA) is 44.3 Å². The van der Waals surface area contributed by atoms with Gasteiger partial charge in [-0.05, 0) is 13.3 Å². The zero-order chi connectivity index (χ0) is 7.40. The van der Waals surface area contributed by atoms with Gasteiger partial charge in [-0.1, -0.05) is 0 Å². The predicted molar refractivity (Wildman–Crippen MR) is 55.5 cm³/mol. The Morgan fingerprint density at radius 2 is 2.08 bits per heavy atom. The zero-order valence-electron chi connectivity index (χ0n) is 7.25. The molecule has 3 nitrogen and oxygen atoms in total. The fourth-order valence-corrected chi connectivity index (χ4v) is 1.29. The Morgan fingerprint density at radius 1 is 1.42 bits per heavy atom. The second-order valence-corrected chi connectivity index (χ2v) is 2.94. The molecule has 2 atom stereocenters. The number of aliphatic hydroxyl groups is 1. The highest BCUT2D eigenvalue weighted by atomic mass is 35.5. The van der Waals surface area contributed by atoms with E-state index in [9.17, 15) is 0 Å². The Morgan fingerprint density at radius 3 is 2.50 bits per heavy atom. The third-order valence-corrected chi connectivity index (χ3v) is 1.75. The lowest BCUT2D eigenvalue weighted by Gasteiger charge is -2.25. The summed E-state index contributed by atoms with van der Waals surface area (Å²) in [7, 11) is 0. The third kappa shape index (κ3) is 6.03. The van der Waals surface area contributed by atoms with E-state index < -0.39 is 0 Å². The Labute approximate surface area is 86.1 Å². The second kappa shape index (κ2) is 8.08. The molecule has 0 radical (unpaired) electrons. The largest absolute Gasteiger partial charge is 0.393 e. The number of halogens is 2. The molecule has 1 aliphatic rings. The van der Waals surface area contributed by atoms with Crippen molar-refractivity contribution in [2.45, 2.75) is 25.5 Å².